The van der Waals surface area contributed by atoms with Gasteiger partial charge in [0.15, 0.2) is 0 Å². The van der Waals surface area contributed by atoms with E-state index in [4.69, 9.17) is 0 Å². The summed E-state index contributed by atoms with van der Waals surface area (Å²) in [5.41, 5.74) is 1.55. The van der Waals surface area contributed by atoms with Crippen molar-refractivity contribution in [2.24, 2.45) is 0 Å². The molecule has 0 aliphatic rings. The summed E-state index contributed by atoms with van der Waals surface area (Å²) in [6.45, 7) is 0. The number of rotatable bonds is 1. The van der Waals surface area contributed by atoms with Gasteiger partial charge in [-0.3, -0.25) is 4.79 Å². The summed E-state index contributed by atoms with van der Waals surface area (Å²) in [6.07, 6.45) is 0. The summed E-state index contributed by atoms with van der Waals surface area (Å²) in [4.78, 5) is 13.7. The predicted molar refractivity (Wildman–Crippen MR) is 60.7 cm³/mol. The Balaban J connectivity index is 2.27. The summed E-state index contributed by atoms with van der Waals surface area (Å²) in [7, 11) is 0. The van der Waals surface area contributed by atoms with Crippen LogP contribution in [0.25, 0.3) is 16.9 Å². The first-order chi connectivity index (χ1) is 8.24. The molecule has 3 aromatic rings. The molecule has 1 aromatic carbocycles. The fourth-order valence-electron chi connectivity index (χ4n) is 1.72. The Morgan fingerprint density at radius 2 is 1.94 bits per heavy atom. The Morgan fingerprint density at radius 1 is 1.18 bits per heavy atom. The number of aromatic amines is 1. The minimum Gasteiger partial charge on any atom is -0.858 e. The number of aromatic nitrogens is 3. The summed E-state index contributed by atoms with van der Waals surface area (Å²) < 4.78 is 1.18. The minimum atomic E-state index is -0.425. The quantitative estimate of drug-likeness (QED) is 0.665. The van der Waals surface area contributed by atoms with Crippen LogP contribution in [-0.4, -0.2) is 14.6 Å². The largest absolute Gasteiger partial charge is 0.858 e. The monoisotopic (exact) mass is 226 g/mol. The van der Waals surface area contributed by atoms with Gasteiger partial charge in [-0.2, -0.15) is 5.10 Å². The zero-order valence-electron chi connectivity index (χ0n) is 8.75. The van der Waals surface area contributed by atoms with Gasteiger partial charge >= 0.3 is 0 Å². The van der Waals surface area contributed by atoms with Gasteiger partial charge in [0.05, 0.1) is 5.69 Å². The van der Waals surface area contributed by atoms with Crippen molar-refractivity contribution in [3.05, 3.63) is 52.8 Å². The molecular formula is C12H8N3O2-. The molecule has 2 aromatic heterocycles. The van der Waals surface area contributed by atoms with E-state index < -0.39 is 11.4 Å². The molecule has 0 aliphatic carbocycles. The average Bonchev–Trinajstić information content (AvgIpc) is 2.74. The Morgan fingerprint density at radius 3 is 2.71 bits per heavy atom. The molecule has 2 heterocycles. The van der Waals surface area contributed by atoms with E-state index in [9.17, 15) is 9.90 Å². The number of nitrogens with one attached hydrogen (secondary N) is 1. The first kappa shape index (κ1) is 9.65. The van der Waals surface area contributed by atoms with Gasteiger partial charge in [0, 0.05) is 17.7 Å². The molecule has 0 saturated heterocycles. The summed E-state index contributed by atoms with van der Waals surface area (Å²) in [5, 5.41) is 15.7. The third-order valence-electron chi connectivity index (χ3n) is 2.49. The fraction of sp³-hybridized carbons (Fsp3) is 0. The third-order valence-corrected chi connectivity index (χ3v) is 2.49. The van der Waals surface area contributed by atoms with Crippen molar-refractivity contribution in [2.75, 3.05) is 0 Å². The zero-order chi connectivity index (χ0) is 11.8. The summed E-state index contributed by atoms with van der Waals surface area (Å²) in [5.74, 6) is -0.425. The molecule has 0 unspecified atom stereocenters. The molecule has 0 amide bonds. The molecule has 0 bridgehead atoms. The SMILES string of the molecule is O=c1cc([O-])n2nc(-c3ccccc3)cc2[nH]1. The Kier molecular flexibility index (Phi) is 1.98. The standard InChI is InChI=1S/C12H9N3O2/c16-11-7-12(17)15-10(13-11)6-9(14-15)8-4-2-1-3-5-8/h1-7,17H,(H,13,16)/p-1. The molecule has 3 rings (SSSR count). The van der Waals surface area contributed by atoms with Crippen molar-refractivity contribution >= 4 is 5.65 Å². The van der Waals surface area contributed by atoms with Gasteiger partial charge in [-0.25, -0.2) is 4.52 Å². The normalized spacial score (nSPS) is 10.8. The van der Waals surface area contributed by atoms with E-state index in [1.807, 2.05) is 30.3 Å². The van der Waals surface area contributed by atoms with Crippen LogP contribution in [0.3, 0.4) is 0 Å². The van der Waals surface area contributed by atoms with Crippen LogP contribution in [0.15, 0.2) is 47.3 Å². The second-order valence-electron chi connectivity index (χ2n) is 3.66. The maximum atomic E-state index is 11.5. The Labute approximate surface area is 96.0 Å². The second-order valence-corrected chi connectivity index (χ2v) is 3.66. The molecule has 0 saturated carbocycles. The van der Waals surface area contributed by atoms with Crippen LogP contribution in [0.2, 0.25) is 0 Å². The van der Waals surface area contributed by atoms with Crippen LogP contribution in [0.4, 0.5) is 0 Å². The van der Waals surface area contributed by atoms with E-state index in [1.165, 1.54) is 4.52 Å². The lowest BCUT2D eigenvalue weighted by Gasteiger charge is -2.05. The highest BCUT2D eigenvalue weighted by Gasteiger charge is 2.04. The number of benzene rings is 1. The molecule has 17 heavy (non-hydrogen) atoms. The lowest BCUT2D eigenvalue weighted by molar-refractivity contribution is -0.277. The molecule has 5 nitrogen and oxygen atoms in total. The van der Waals surface area contributed by atoms with Crippen LogP contribution < -0.4 is 10.7 Å². The molecule has 84 valence electrons. The van der Waals surface area contributed by atoms with E-state index in [2.05, 4.69) is 10.1 Å². The van der Waals surface area contributed by atoms with Gasteiger partial charge < -0.3 is 10.1 Å². The second kappa shape index (κ2) is 3.48. The molecule has 0 spiro atoms. The highest BCUT2D eigenvalue weighted by molar-refractivity contribution is 5.64. The zero-order valence-corrected chi connectivity index (χ0v) is 8.75. The molecule has 1 N–H and O–H groups in total. The molecule has 0 aliphatic heterocycles. The van der Waals surface area contributed by atoms with Gasteiger partial charge in [-0.15, -0.1) is 0 Å². The highest BCUT2D eigenvalue weighted by atomic mass is 16.3. The number of hydrogen-bond donors (Lipinski definition) is 1. The van der Waals surface area contributed by atoms with Gasteiger partial charge in [0.2, 0.25) is 5.56 Å². The predicted octanol–water partition coefficient (Wildman–Crippen LogP) is 0.763. The lowest BCUT2D eigenvalue weighted by Crippen LogP contribution is -2.11. The van der Waals surface area contributed by atoms with E-state index in [0.29, 0.717) is 11.3 Å². The van der Waals surface area contributed by atoms with Gasteiger partial charge in [0.25, 0.3) is 0 Å². The van der Waals surface area contributed by atoms with Crippen molar-refractivity contribution in [3.63, 3.8) is 0 Å². The Bertz CT molecular complexity index is 728. The van der Waals surface area contributed by atoms with Crippen molar-refractivity contribution in [3.8, 4) is 17.1 Å². The third kappa shape index (κ3) is 1.57. The smallest absolute Gasteiger partial charge is 0.250 e. The number of hydrogen-bond acceptors (Lipinski definition) is 3. The minimum absolute atomic E-state index is 0.404. The van der Waals surface area contributed by atoms with Crippen molar-refractivity contribution in [1.82, 2.24) is 14.6 Å². The number of nitrogens with zero attached hydrogens (tertiary/aromatic N) is 2. The van der Waals surface area contributed by atoms with E-state index in [-0.39, 0.29) is 0 Å². The molecular weight excluding hydrogens is 218 g/mol. The maximum Gasteiger partial charge on any atom is 0.250 e. The molecule has 0 radical (unpaired) electrons. The molecule has 5 heteroatoms. The number of H-pyrrole nitrogens is 1. The van der Waals surface area contributed by atoms with Crippen LogP contribution in [0.1, 0.15) is 0 Å². The maximum absolute atomic E-state index is 11.5. The summed E-state index contributed by atoms with van der Waals surface area (Å²) >= 11 is 0. The van der Waals surface area contributed by atoms with Crippen LogP contribution in [0.5, 0.6) is 5.88 Å². The number of fused-ring (bicyclic) bond motifs is 1. The van der Waals surface area contributed by atoms with E-state index in [0.717, 1.165) is 11.6 Å². The van der Waals surface area contributed by atoms with Gasteiger partial charge in [-0.05, 0) is 5.88 Å². The first-order valence-electron chi connectivity index (χ1n) is 5.09. The van der Waals surface area contributed by atoms with Crippen molar-refractivity contribution in [2.45, 2.75) is 0 Å². The lowest BCUT2D eigenvalue weighted by atomic mass is 10.2. The van der Waals surface area contributed by atoms with Gasteiger partial charge in [-0.1, -0.05) is 30.3 Å². The highest BCUT2D eigenvalue weighted by Crippen LogP contribution is 2.19. The fourth-order valence-corrected chi connectivity index (χ4v) is 1.72. The van der Waals surface area contributed by atoms with Crippen LogP contribution in [0, 0.1) is 0 Å². The van der Waals surface area contributed by atoms with Crippen LogP contribution >= 0.6 is 0 Å². The van der Waals surface area contributed by atoms with Crippen LogP contribution in [-0.2, 0) is 0 Å². The average molecular weight is 226 g/mol. The van der Waals surface area contributed by atoms with E-state index >= 15 is 0 Å². The molecule has 0 fully saturated rings. The van der Waals surface area contributed by atoms with Crippen molar-refractivity contribution < 1.29 is 5.11 Å². The molecule has 0 atom stereocenters. The van der Waals surface area contributed by atoms with Crippen molar-refractivity contribution in [1.29, 1.82) is 0 Å². The first-order valence-corrected chi connectivity index (χ1v) is 5.09. The topological polar surface area (TPSA) is 73.2 Å². The summed E-state index contributed by atoms with van der Waals surface area (Å²) in [6, 6.07) is 12.1. The van der Waals surface area contributed by atoms with Gasteiger partial charge in [0.1, 0.15) is 5.65 Å². The Hall–Kier alpha value is -2.56. The van der Waals surface area contributed by atoms with E-state index in [1.54, 1.807) is 6.07 Å².